The average molecular weight is 272 g/mol. The van der Waals surface area contributed by atoms with E-state index >= 15 is 0 Å². The summed E-state index contributed by atoms with van der Waals surface area (Å²) in [6.07, 6.45) is 1.49. The number of nitrogens with one attached hydrogen (secondary N) is 2. The van der Waals surface area contributed by atoms with Gasteiger partial charge < -0.3 is 15.1 Å². The smallest absolute Gasteiger partial charge is 0.221 e. The molecule has 106 valence electrons. The number of fused-ring (bicyclic) bond motifs is 1. The Bertz CT molecular complexity index is 632. The molecule has 1 saturated heterocycles. The van der Waals surface area contributed by atoms with E-state index in [0.717, 1.165) is 17.8 Å². The van der Waals surface area contributed by atoms with Crippen LogP contribution in [-0.4, -0.2) is 18.5 Å². The van der Waals surface area contributed by atoms with Crippen molar-refractivity contribution in [1.29, 1.82) is 0 Å². The number of hydrogen-bond donors (Lipinski definition) is 2. The fourth-order valence-corrected chi connectivity index (χ4v) is 2.98. The summed E-state index contributed by atoms with van der Waals surface area (Å²) >= 11 is 0. The molecule has 1 aromatic carbocycles. The highest BCUT2D eigenvalue weighted by Gasteiger charge is 2.25. The average Bonchev–Trinajstić information content (AvgIpc) is 3.01. The first-order valence-electron chi connectivity index (χ1n) is 7.22. The van der Waals surface area contributed by atoms with Gasteiger partial charge in [-0.15, -0.1) is 0 Å². The monoisotopic (exact) mass is 272 g/mol. The number of rotatable bonds is 4. The van der Waals surface area contributed by atoms with Gasteiger partial charge in [0.2, 0.25) is 5.91 Å². The van der Waals surface area contributed by atoms with Crippen LogP contribution in [0.5, 0.6) is 0 Å². The summed E-state index contributed by atoms with van der Waals surface area (Å²) in [6.45, 7) is 4.94. The van der Waals surface area contributed by atoms with E-state index in [-0.39, 0.29) is 18.0 Å². The molecule has 1 amide bonds. The van der Waals surface area contributed by atoms with Crippen molar-refractivity contribution in [3.63, 3.8) is 0 Å². The number of aryl methyl sites for hydroxylation is 1. The van der Waals surface area contributed by atoms with Crippen molar-refractivity contribution < 1.29 is 9.21 Å². The summed E-state index contributed by atoms with van der Waals surface area (Å²) in [5, 5.41) is 7.53. The van der Waals surface area contributed by atoms with E-state index in [1.54, 1.807) is 0 Å². The minimum absolute atomic E-state index is 0.107. The Morgan fingerprint density at radius 3 is 2.95 bits per heavy atom. The van der Waals surface area contributed by atoms with Crippen molar-refractivity contribution in [2.45, 2.75) is 38.8 Å². The molecule has 0 radical (unpaired) electrons. The topological polar surface area (TPSA) is 54.3 Å². The lowest BCUT2D eigenvalue weighted by molar-refractivity contribution is -0.119. The third-order valence-electron chi connectivity index (χ3n) is 3.94. The summed E-state index contributed by atoms with van der Waals surface area (Å²) in [7, 11) is 0. The first-order valence-corrected chi connectivity index (χ1v) is 7.22. The molecular weight excluding hydrogens is 252 g/mol. The van der Waals surface area contributed by atoms with Crippen molar-refractivity contribution in [2.24, 2.45) is 0 Å². The van der Waals surface area contributed by atoms with Gasteiger partial charge in [0.25, 0.3) is 0 Å². The second kappa shape index (κ2) is 5.29. The molecule has 1 fully saturated rings. The third kappa shape index (κ3) is 2.31. The van der Waals surface area contributed by atoms with Gasteiger partial charge in [0.15, 0.2) is 0 Å². The molecule has 3 rings (SSSR count). The maximum Gasteiger partial charge on any atom is 0.221 e. The molecule has 4 nitrogen and oxygen atoms in total. The van der Waals surface area contributed by atoms with Gasteiger partial charge in [-0.1, -0.05) is 25.1 Å². The lowest BCUT2D eigenvalue weighted by atomic mass is 10.0. The highest BCUT2D eigenvalue weighted by molar-refractivity contribution is 5.82. The zero-order chi connectivity index (χ0) is 14.1. The van der Waals surface area contributed by atoms with Crippen LogP contribution in [0.4, 0.5) is 0 Å². The van der Waals surface area contributed by atoms with E-state index in [0.29, 0.717) is 13.0 Å². The molecule has 0 saturated carbocycles. The van der Waals surface area contributed by atoms with Crippen molar-refractivity contribution in [2.75, 3.05) is 6.54 Å². The fraction of sp³-hybridized carbons (Fsp3) is 0.438. The molecule has 2 unspecified atom stereocenters. The van der Waals surface area contributed by atoms with Crippen LogP contribution >= 0.6 is 0 Å². The molecule has 2 N–H and O–H groups in total. The first kappa shape index (κ1) is 13.2. The van der Waals surface area contributed by atoms with Gasteiger partial charge >= 0.3 is 0 Å². The lowest BCUT2D eigenvalue weighted by Gasteiger charge is -2.17. The zero-order valence-electron chi connectivity index (χ0n) is 11.9. The van der Waals surface area contributed by atoms with Crippen LogP contribution in [0.25, 0.3) is 11.0 Å². The normalized spacial score (nSPS) is 20.3. The van der Waals surface area contributed by atoms with E-state index in [1.165, 1.54) is 10.9 Å². The molecule has 4 heteroatoms. The predicted octanol–water partition coefficient (Wildman–Crippen LogP) is 2.53. The van der Waals surface area contributed by atoms with E-state index < -0.39 is 0 Å². The molecular formula is C16H20N2O2. The largest absolute Gasteiger partial charge is 0.459 e. The fourth-order valence-electron chi connectivity index (χ4n) is 2.98. The van der Waals surface area contributed by atoms with Crippen LogP contribution in [0.1, 0.15) is 37.6 Å². The summed E-state index contributed by atoms with van der Waals surface area (Å²) < 4.78 is 6.02. The summed E-state index contributed by atoms with van der Waals surface area (Å²) in [4.78, 5) is 11.3. The van der Waals surface area contributed by atoms with Crippen LogP contribution in [0.3, 0.4) is 0 Å². The van der Waals surface area contributed by atoms with Crippen molar-refractivity contribution >= 4 is 16.9 Å². The Morgan fingerprint density at radius 2 is 2.25 bits per heavy atom. The van der Waals surface area contributed by atoms with Crippen molar-refractivity contribution in [3.8, 4) is 0 Å². The van der Waals surface area contributed by atoms with E-state index in [4.69, 9.17) is 4.42 Å². The van der Waals surface area contributed by atoms with Crippen LogP contribution in [0.2, 0.25) is 0 Å². The highest BCUT2D eigenvalue weighted by atomic mass is 16.3. The van der Waals surface area contributed by atoms with Gasteiger partial charge in [0.05, 0.1) is 6.04 Å². The SMILES string of the molecule is CCc1c(C(C)NC2CNC(=O)C2)oc2ccccc12. The van der Waals surface area contributed by atoms with Crippen LogP contribution in [-0.2, 0) is 11.2 Å². The molecule has 2 atom stereocenters. The number of para-hydroxylation sites is 1. The minimum atomic E-state index is 0.107. The second-order valence-corrected chi connectivity index (χ2v) is 5.39. The van der Waals surface area contributed by atoms with Gasteiger partial charge in [0.1, 0.15) is 11.3 Å². The van der Waals surface area contributed by atoms with Crippen LogP contribution in [0, 0.1) is 0 Å². The number of benzene rings is 1. The molecule has 0 spiro atoms. The quantitative estimate of drug-likeness (QED) is 0.899. The summed E-state index contributed by atoms with van der Waals surface area (Å²) in [5.41, 5.74) is 2.20. The number of furan rings is 1. The second-order valence-electron chi connectivity index (χ2n) is 5.39. The maximum atomic E-state index is 11.3. The predicted molar refractivity (Wildman–Crippen MR) is 78.6 cm³/mol. The molecule has 1 aromatic heterocycles. The Kier molecular flexibility index (Phi) is 3.49. The first-order chi connectivity index (χ1) is 9.69. The lowest BCUT2D eigenvalue weighted by Crippen LogP contribution is -2.33. The van der Waals surface area contributed by atoms with Gasteiger partial charge in [-0.2, -0.15) is 0 Å². The summed E-state index contributed by atoms with van der Waals surface area (Å²) in [6, 6.07) is 8.44. The van der Waals surface area contributed by atoms with Crippen LogP contribution < -0.4 is 10.6 Å². The maximum absolute atomic E-state index is 11.3. The van der Waals surface area contributed by atoms with E-state index in [1.807, 2.05) is 18.2 Å². The molecule has 2 aromatic rings. The molecule has 1 aliphatic heterocycles. The van der Waals surface area contributed by atoms with E-state index in [9.17, 15) is 4.79 Å². The van der Waals surface area contributed by atoms with Gasteiger partial charge in [-0.25, -0.2) is 0 Å². The third-order valence-corrected chi connectivity index (χ3v) is 3.94. The zero-order valence-corrected chi connectivity index (χ0v) is 11.9. The van der Waals surface area contributed by atoms with Crippen molar-refractivity contribution in [3.05, 3.63) is 35.6 Å². The summed E-state index contributed by atoms with van der Waals surface area (Å²) in [5.74, 6) is 1.11. The van der Waals surface area contributed by atoms with Gasteiger partial charge in [-0.05, 0) is 19.4 Å². The molecule has 1 aliphatic rings. The van der Waals surface area contributed by atoms with Gasteiger partial charge in [-0.3, -0.25) is 4.79 Å². The Balaban J connectivity index is 1.87. The van der Waals surface area contributed by atoms with Gasteiger partial charge in [0, 0.05) is 30.0 Å². The number of carbonyl (C=O) groups is 1. The molecule has 20 heavy (non-hydrogen) atoms. The number of carbonyl (C=O) groups excluding carboxylic acids is 1. The molecule has 0 bridgehead atoms. The number of hydrogen-bond acceptors (Lipinski definition) is 3. The Morgan fingerprint density at radius 1 is 1.45 bits per heavy atom. The highest BCUT2D eigenvalue weighted by Crippen LogP contribution is 2.30. The van der Waals surface area contributed by atoms with Crippen LogP contribution in [0.15, 0.2) is 28.7 Å². The standard InChI is InChI=1S/C16H20N2O2/c1-3-12-13-6-4-5-7-14(13)20-16(12)10(2)18-11-8-15(19)17-9-11/h4-7,10-11,18H,3,8-9H2,1-2H3,(H,17,19). The van der Waals surface area contributed by atoms with E-state index in [2.05, 4.69) is 30.5 Å². The minimum Gasteiger partial charge on any atom is -0.459 e. The molecule has 0 aliphatic carbocycles. The Labute approximate surface area is 118 Å². The van der Waals surface area contributed by atoms with Crippen molar-refractivity contribution in [1.82, 2.24) is 10.6 Å². The Hall–Kier alpha value is -1.81. The number of amides is 1. The molecule has 2 heterocycles.